The molecule has 0 saturated carbocycles. The van der Waals surface area contributed by atoms with Crippen LogP contribution in [0.1, 0.15) is 20.8 Å². The van der Waals surface area contributed by atoms with Gasteiger partial charge in [-0.15, -0.1) is 6.42 Å². The van der Waals surface area contributed by atoms with E-state index >= 15 is 0 Å². The second kappa shape index (κ2) is 5.22. The summed E-state index contributed by atoms with van der Waals surface area (Å²) in [6, 6.07) is 1.56. The number of amides is 1. The number of hydrogen-bond acceptors (Lipinski definition) is 2. The molecule has 0 aliphatic rings. The largest absolute Gasteiger partial charge is 0.341 e. The minimum absolute atomic E-state index is 0.180. The summed E-state index contributed by atoms with van der Waals surface area (Å²) in [5, 5.41) is 11.1. The molecular formula is C10H14N2O. The summed E-state index contributed by atoms with van der Waals surface area (Å²) in [6.45, 7) is 5.38. The van der Waals surface area contributed by atoms with Gasteiger partial charge in [-0.25, -0.2) is 0 Å². The van der Waals surface area contributed by atoms with Crippen LogP contribution in [0, 0.1) is 35.5 Å². The molecule has 1 amide bonds. The number of carbonyl (C=O) groups is 1. The van der Waals surface area contributed by atoms with Crippen LogP contribution in [-0.2, 0) is 4.79 Å². The average molecular weight is 178 g/mol. The van der Waals surface area contributed by atoms with Crippen molar-refractivity contribution in [3.8, 4) is 18.4 Å². The van der Waals surface area contributed by atoms with Gasteiger partial charge in [0.1, 0.15) is 5.92 Å². The SMILES string of the molecule is C#CC(NC(=O)C(C)C#N)C(C)C. The van der Waals surface area contributed by atoms with Gasteiger partial charge in [0.15, 0.2) is 0 Å². The van der Waals surface area contributed by atoms with Gasteiger partial charge in [0.05, 0.1) is 12.1 Å². The van der Waals surface area contributed by atoms with E-state index in [0.717, 1.165) is 0 Å². The summed E-state index contributed by atoms with van der Waals surface area (Å²) in [5.41, 5.74) is 0. The molecule has 0 radical (unpaired) electrons. The highest BCUT2D eigenvalue weighted by Gasteiger charge is 2.17. The van der Waals surface area contributed by atoms with Crippen LogP contribution in [0.4, 0.5) is 0 Å². The Hall–Kier alpha value is -1.48. The van der Waals surface area contributed by atoms with E-state index in [0.29, 0.717) is 0 Å². The number of nitrogens with zero attached hydrogens (tertiary/aromatic N) is 1. The number of nitriles is 1. The first kappa shape index (κ1) is 11.5. The van der Waals surface area contributed by atoms with Crippen molar-refractivity contribution in [3.63, 3.8) is 0 Å². The molecule has 2 atom stereocenters. The molecule has 0 spiro atoms. The lowest BCUT2D eigenvalue weighted by Crippen LogP contribution is -2.39. The van der Waals surface area contributed by atoms with E-state index in [1.165, 1.54) is 0 Å². The van der Waals surface area contributed by atoms with Crippen LogP contribution < -0.4 is 5.32 Å². The van der Waals surface area contributed by atoms with Crippen molar-refractivity contribution in [2.45, 2.75) is 26.8 Å². The van der Waals surface area contributed by atoms with Gasteiger partial charge in [-0.3, -0.25) is 4.79 Å². The summed E-state index contributed by atoms with van der Waals surface area (Å²) in [4.78, 5) is 11.2. The fourth-order valence-electron chi connectivity index (χ4n) is 0.738. The topological polar surface area (TPSA) is 52.9 Å². The van der Waals surface area contributed by atoms with E-state index < -0.39 is 5.92 Å². The quantitative estimate of drug-likeness (QED) is 0.653. The lowest BCUT2D eigenvalue weighted by atomic mass is 10.0. The van der Waals surface area contributed by atoms with Gasteiger partial charge in [0.2, 0.25) is 5.91 Å². The van der Waals surface area contributed by atoms with Gasteiger partial charge in [0, 0.05) is 0 Å². The highest BCUT2D eigenvalue weighted by molar-refractivity contribution is 5.81. The lowest BCUT2D eigenvalue weighted by molar-refractivity contribution is -0.123. The maximum Gasteiger partial charge on any atom is 0.238 e. The first-order valence-corrected chi connectivity index (χ1v) is 4.19. The zero-order chi connectivity index (χ0) is 10.4. The van der Waals surface area contributed by atoms with Crippen molar-refractivity contribution in [1.82, 2.24) is 5.32 Å². The molecular weight excluding hydrogens is 164 g/mol. The van der Waals surface area contributed by atoms with Crippen LogP contribution in [0.2, 0.25) is 0 Å². The van der Waals surface area contributed by atoms with Gasteiger partial charge < -0.3 is 5.32 Å². The van der Waals surface area contributed by atoms with E-state index in [1.807, 2.05) is 19.9 Å². The molecule has 0 saturated heterocycles. The lowest BCUT2D eigenvalue weighted by Gasteiger charge is -2.16. The Bertz CT molecular complexity index is 257. The molecule has 0 aromatic carbocycles. The molecule has 3 heteroatoms. The standard InChI is InChI=1S/C10H14N2O/c1-5-9(7(2)3)12-10(13)8(4)6-11/h1,7-9H,2-4H3,(H,12,13). The van der Waals surface area contributed by atoms with Gasteiger partial charge in [-0.2, -0.15) is 5.26 Å². The van der Waals surface area contributed by atoms with E-state index in [1.54, 1.807) is 6.92 Å². The van der Waals surface area contributed by atoms with Crippen molar-refractivity contribution in [1.29, 1.82) is 5.26 Å². The summed E-state index contributed by atoms with van der Waals surface area (Å²) in [7, 11) is 0. The van der Waals surface area contributed by atoms with Crippen LogP contribution in [0.25, 0.3) is 0 Å². The van der Waals surface area contributed by atoms with Crippen molar-refractivity contribution in [3.05, 3.63) is 0 Å². The molecule has 0 aliphatic carbocycles. The zero-order valence-electron chi connectivity index (χ0n) is 8.16. The molecule has 1 N–H and O–H groups in total. The zero-order valence-corrected chi connectivity index (χ0v) is 8.16. The van der Waals surface area contributed by atoms with E-state index in [-0.39, 0.29) is 17.9 Å². The number of carbonyl (C=O) groups excluding carboxylic acids is 1. The fourth-order valence-corrected chi connectivity index (χ4v) is 0.738. The predicted octanol–water partition coefficient (Wildman–Crippen LogP) is 0.920. The van der Waals surface area contributed by atoms with Gasteiger partial charge in [0.25, 0.3) is 0 Å². The molecule has 13 heavy (non-hydrogen) atoms. The average Bonchev–Trinajstić information content (AvgIpc) is 2.11. The summed E-state index contributed by atoms with van der Waals surface area (Å²) < 4.78 is 0. The van der Waals surface area contributed by atoms with E-state index in [2.05, 4.69) is 11.2 Å². The summed E-state index contributed by atoms with van der Waals surface area (Å²) in [6.07, 6.45) is 5.22. The Morgan fingerprint density at radius 2 is 2.00 bits per heavy atom. The predicted molar refractivity (Wildman–Crippen MR) is 50.4 cm³/mol. The molecule has 0 bridgehead atoms. The Morgan fingerprint density at radius 1 is 1.46 bits per heavy atom. The third-order valence-corrected chi connectivity index (χ3v) is 1.73. The maximum absolute atomic E-state index is 11.2. The van der Waals surface area contributed by atoms with E-state index in [9.17, 15) is 4.79 Å². The van der Waals surface area contributed by atoms with Crippen LogP contribution in [0.5, 0.6) is 0 Å². The third-order valence-electron chi connectivity index (χ3n) is 1.73. The van der Waals surface area contributed by atoms with Gasteiger partial charge >= 0.3 is 0 Å². The first-order valence-electron chi connectivity index (χ1n) is 4.19. The molecule has 0 aromatic heterocycles. The van der Waals surface area contributed by atoms with Crippen LogP contribution in [0.15, 0.2) is 0 Å². The minimum atomic E-state index is -0.644. The Kier molecular flexibility index (Phi) is 4.62. The monoisotopic (exact) mass is 178 g/mol. The normalized spacial score (nSPS) is 14.0. The fraction of sp³-hybridized carbons (Fsp3) is 0.600. The summed E-state index contributed by atoms with van der Waals surface area (Å²) in [5.74, 6) is 1.70. The molecule has 70 valence electrons. The Labute approximate surface area is 79.1 Å². The smallest absolute Gasteiger partial charge is 0.238 e. The maximum atomic E-state index is 11.2. The van der Waals surface area contributed by atoms with Crippen molar-refractivity contribution >= 4 is 5.91 Å². The second-order valence-corrected chi connectivity index (χ2v) is 3.25. The van der Waals surface area contributed by atoms with Crippen molar-refractivity contribution in [2.75, 3.05) is 0 Å². The molecule has 0 fully saturated rings. The van der Waals surface area contributed by atoms with Crippen LogP contribution >= 0.6 is 0 Å². The number of nitrogens with one attached hydrogen (secondary N) is 1. The van der Waals surface area contributed by atoms with Gasteiger partial charge in [-0.1, -0.05) is 19.8 Å². The molecule has 0 aromatic rings. The minimum Gasteiger partial charge on any atom is -0.341 e. The van der Waals surface area contributed by atoms with Crippen LogP contribution in [-0.4, -0.2) is 11.9 Å². The summed E-state index contributed by atoms with van der Waals surface area (Å²) >= 11 is 0. The molecule has 3 nitrogen and oxygen atoms in total. The molecule has 2 unspecified atom stereocenters. The van der Waals surface area contributed by atoms with Crippen molar-refractivity contribution < 1.29 is 4.79 Å². The number of hydrogen-bond donors (Lipinski definition) is 1. The van der Waals surface area contributed by atoms with Crippen molar-refractivity contribution in [2.24, 2.45) is 11.8 Å². The Morgan fingerprint density at radius 3 is 2.31 bits per heavy atom. The van der Waals surface area contributed by atoms with Gasteiger partial charge in [-0.05, 0) is 12.8 Å². The molecule has 0 heterocycles. The number of terminal acetylenes is 1. The number of rotatable bonds is 3. The molecule has 0 aliphatic heterocycles. The second-order valence-electron chi connectivity index (χ2n) is 3.25. The molecule has 0 rings (SSSR count). The first-order chi connectivity index (χ1) is 6.02. The Balaban J connectivity index is 4.21. The highest BCUT2D eigenvalue weighted by atomic mass is 16.1. The third kappa shape index (κ3) is 3.62. The van der Waals surface area contributed by atoms with Crippen LogP contribution in [0.3, 0.4) is 0 Å². The van der Waals surface area contributed by atoms with E-state index in [4.69, 9.17) is 11.7 Å². The highest BCUT2D eigenvalue weighted by Crippen LogP contribution is 2.01.